The lowest BCUT2D eigenvalue weighted by Gasteiger charge is -2.22. The van der Waals surface area contributed by atoms with Crippen LogP contribution in [0.2, 0.25) is 0 Å². The Morgan fingerprint density at radius 3 is 2.45 bits per heavy atom. The zero-order valence-corrected chi connectivity index (χ0v) is 7.39. The van der Waals surface area contributed by atoms with Crippen molar-refractivity contribution in [1.82, 2.24) is 0 Å². The van der Waals surface area contributed by atoms with Crippen molar-refractivity contribution in [2.45, 2.75) is 38.7 Å². The summed E-state index contributed by atoms with van der Waals surface area (Å²) in [7, 11) is 1.43. The number of methoxy groups -OCH3 is 1. The molecule has 0 aromatic rings. The molecular weight excluding hydrogens is 144 g/mol. The normalized spacial score (nSPS) is 15.9. The summed E-state index contributed by atoms with van der Waals surface area (Å²) in [6, 6.07) is 0. The molecule has 0 radical (unpaired) electrons. The number of ether oxygens (including phenoxy) is 1. The quantitative estimate of drug-likeness (QED) is 0.665. The number of hydrogen-bond donors (Lipinski definition) is 1. The maximum atomic E-state index is 10.6. The van der Waals surface area contributed by atoms with Gasteiger partial charge >= 0.3 is 5.97 Å². The summed E-state index contributed by atoms with van der Waals surface area (Å²) in [5, 5.41) is 8.73. The van der Waals surface area contributed by atoms with E-state index in [0.717, 1.165) is 12.8 Å². The summed E-state index contributed by atoms with van der Waals surface area (Å²) in [5.41, 5.74) is -0.990. The molecule has 0 saturated heterocycles. The molecule has 0 amide bonds. The molecule has 0 rings (SSSR count). The second kappa shape index (κ2) is 4.34. The highest BCUT2D eigenvalue weighted by Gasteiger charge is 2.31. The summed E-state index contributed by atoms with van der Waals surface area (Å²) < 4.78 is 4.90. The fraction of sp³-hybridized carbons (Fsp3) is 0.875. The molecular formula is C8H16O3. The Bertz CT molecular complexity index is 133. The van der Waals surface area contributed by atoms with Crippen LogP contribution in [0.3, 0.4) is 0 Å². The number of aliphatic carboxylic acids is 1. The molecule has 0 saturated carbocycles. The predicted octanol–water partition coefficient (Wildman–Crippen LogP) is 1.67. The van der Waals surface area contributed by atoms with E-state index in [0.29, 0.717) is 6.42 Å². The Kier molecular flexibility index (Phi) is 4.11. The van der Waals surface area contributed by atoms with Crippen molar-refractivity contribution in [3.8, 4) is 0 Å². The van der Waals surface area contributed by atoms with Gasteiger partial charge in [0.05, 0.1) is 0 Å². The Morgan fingerprint density at radius 1 is 1.64 bits per heavy atom. The van der Waals surface area contributed by atoms with Crippen LogP contribution in [0.4, 0.5) is 0 Å². The van der Waals surface area contributed by atoms with E-state index in [9.17, 15) is 4.79 Å². The largest absolute Gasteiger partial charge is 0.479 e. The van der Waals surface area contributed by atoms with Crippen molar-refractivity contribution in [3.05, 3.63) is 0 Å². The van der Waals surface area contributed by atoms with Crippen molar-refractivity contribution in [3.63, 3.8) is 0 Å². The monoisotopic (exact) mass is 160 g/mol. The summed E-state index contributed by atoms with van der Waals surface area (Å²) in [6.07, 6.45) is 2.46. The minimum atomic E-state index is -0.990. The Morgan fingerprint density at radius 2 is 2.18 bits per heavy atom. The summed E-state index contributed by atoms with van der Waals surface area (Å²) in [5.74, 6) is -0.881. The van der Waals surface area contributed by atoms with Crippen LogP contribution in [0.25, 0.3) is 0 Å². The molecule has 1 N–H and O–H groups in total. The molecule has 0 aromatic carbocycles. The van der Waals surface area contributed by atoms with Crippen molar-refractivity contribution in [2.24, 2.45) is 0 Å². The molecule has 0 aliphatic carbocycles. The smallest absolute Gasteiger partial charge is 0.335 e. The van der Waals surface area contributed by atoms with E-state index < -0.39 is 11.6 Å². The minimum absolute atomic E-state index is 0.579. The van der Waals surface area contributed by atoms with Crippen molar-refractivity contribution in [1.29, 1.82) is 0 Å². The van der Waals surface area contributed by atoms with Crippen LogP contribution in [-0.4, -0.2) is 23.8 Å². The molecule has 0 fully saturated rings. The average Bonchev–Trinajstić information content (AvgIpc) is 2.00. The molecule has 0 unspecified atom stereocenters. The van der Waals surface area contributed by atoms with Gasteiger partial charge in [-0.3, -0.25) is 0 Å². The molecule has 3 heteroatoms. The van der Waals surface area contributed by atoms with E-state index in [-0.39, 0.29) is 0 Å². The number of rotatable bonds is 5. The maximum absolute atomic E-state index is 10.6. The molecule has 0 spiro atoms. The van der Waals surface area contributed by atoms with Gasteiger partial charge in [-0.15, -0.1) is 0 Å². The lowest BCUT2D eigenvalue weighted by molar-refractivity contribution is -0.160. The first kappa shape index (κ1) is 10.4. The average molecular weight is 160 g/mol. The van der Waals surface area contributed by atoms with E-state index in [1.54, 1.807) is 6.92 Å². The first-order valence-corrected chi connectivity index (χ1v) is 3.85. The standard InChI is InChI=1S/C8H16O3/c1-4-5-6-8(2,11-3)7(9)10/h4-6H2,1-3H3,(H,9,10)/t8-/m0/s1. The van der Waals surface area contributed by atoms with Crippen LogP contribution < -0.4 is 0 Å². The third kappa shape index (κ3) is 2.89. The number of unbranched alkanes of at least 4 members (excludes halogenated alkanes) is 1. The zero-order chi connectivity index (χ0) is 8.91. The van der Waals surface area contributed by atoms with Gasteiger partial charge in [-0.05, 0) is 13.3 Å². The molecule has 0 aliphatic rings. The highest BCUT2D eigenvalue weighted by atomic mass is 16.5. The molecule has 0 aromatic heterocycles. The van der Waals surface area contributed by atoms with Gasteiger partial charge in [0.2, 0.25) is 0 Å². The maximum Gasteiger partial charge on any atom is 0.335 e. The second-order valence-electron chi connectivity index (χ2n) is 2.84. The number of hydrogen-bond acceptors (Lipinski definition) is 2. The Hall–Kier alpha value is -0.570. The fourth-order valence-corrected chi connectivity index (χ4v) is 0.810. The molecule has 0 aliphatic heterocycles. The predicted molar refractivity (Wildman–Crippen MR) is 42.6 cm³/mol. The van der Waals surface area contributed by atoms with Gasteiger partial charge in [-0.1, -0.05) is 19.8 Å². The van der Waals surface area contributed by atoms with Gasteiger partial charge in [0, 0.05) is 7.11 Å². The molecule has 0 bridgehead atoms. The Balaban J connectivity index is 3.99. The number of carbonyl (C=O) groups is 1. The van der Waals surface area contributed by atoms with E-state index in [1.807, 2.05) is 6.92 Å². The van der Waals surface area contributed by atoms with E-state index in [1.165, 1.54) is 7.11 Å². The minimum Gasteiger partial charge on any atom is -0.479 e. The zero-order valence-electron chi connectivity index (χ0n) is 7.39. The van der Waals surface area contributed by atoms with Crippen molar-refractivity contribution < 1.29 is 14.6 Å². The van der Waals surface area contributed by atoms with Crippen LogP contribution in [0.15, 0.2) is 0 Å². The third-order valence-electron chi connectivity index (χ3n) is 1.91. The van der Waals surface area contributed by atoms with E-state index in [4.69, 9.17) is 9.84 Å². The first-order valence-electron chi connectivity index (χ1n) is 3.85. The Labute approximate surface area is 67.4 Å². The summed E-state index contributed by atoms with van der Waals surface area (Å²) >= 11 is 0. The van der Waals surface area contributed by atoms with Crippen molar-refractivity contribution in [2.75, 3.05) is 7.11 Å². The fourth-order valence-electron chi connectivity index (χ4n) is 0.810. The molecule has 3 nitrogen and oxygen atoms in total. The first-order chi connectivity index (χ1) is 5.06. The van der Waals surface area contributed by atoms with E-state index in [2.05, 4.69) is 0 Å². The SMILES string of the molecule is CCCC[C@](C)(OC)C(=O)O. The number of carboxylic acids is 1. The van der Waals surface area contributed by atoms with E-state index >= 15 is 0 Å². The second-order valence-corrected chi connectivity index (χ2v) is 2.84. The topological polar surface area (TPSA) is 46.5 Å². The van der Waals surface area contributed by atoms with Crippen LogP contribution in [0.1, 0.15) is 33.1 Å². The third-order valence-corrected chi connectivity index (χ3v) is 1.91. The van der Waals surface area contributed by atoms with Gasteiger partial charge in [0.15, 0.2) is 5.60 Å². The molecule has 66 valence electrons. The van der Waals surface area contributed by atoms with Gasteiger partial charge < -0.3 is 9.84 Å². The van der Waals surface area contributed by atoms with Gasteiger partial charge in [0.1, 0.15) is 0 Å². The van der Waals surface area contributed by atoms with Crippen LogP contribution in [0.5, 0.6) is 0 Å². The molecule has 1 atom stereocenters. The lowest BCUT2D eigenvalue weighted by Crippen LogP contribution is -2.37. The summed E-state index contributed by atoms with van der Waals surface area (Å²) in [4.78, 5) is 10.6. The van der Waals surface area contributed by atoms with Gasteiger partial charge in [0.25, 0.3) is 0 Å². The lowest BCUT2D eigenvalue weighted by atomic mass is 9.99. The van der Waals surface area contributed by atoms with Crippen molar-refractivity contribution >= 4 is 5.97 Å². The summed E-state index contributed by atoms with van der Waals surface area (Å²) in [6.45, 7) is 3.63. The van der Waals surface area contributed by atoms with Gasteiger partial charge in [-0.2, -0.15) is 0 Å². The molecule has 11 heavy (non-hydrogen) atoms. The number of carboxylic acid groups (broad SMARTS) is 1. The van der Waals surface area contributed by atoms with Crippen LogP contribution >= 0.6 is 0 Å². The highest BCUT2D eigenvalue weighted by Crippen LogP contribution is 2.17. The molecule has 0 heterocycles. The highest BCUT2D eigenvalue weighted by molar-refractivity contribution is 5.76. The van der Waals surface area contributed by atoms with Crippen LogP contribution in [0, 0.1) is 0 Å². The van der Waals surface area contributed by atoms with Gasteiger partial charge in [-0.25, -0.2) is 4.79 Å². The van der Waals surface area contributed by atoms with Crippen LogP contribution in [-0.2, 0) is 9.53 Å².